The van der Waals surface area contributed by atoms with E-state index in [1.807, 2.05) is 24.0 Å². The Morgan fingerprint density at radius 3 is 2.75 bits per heavy atom. The maximum Gasteiger partial charge on any atom is 0.233 e. The number of piperidine rings is 1. The predicted molar refractivity (Wildman–Crippen MR) is 105 cm³/mol. The fraction of sp³-hybridized carbons (Fsp3) is 0.421. The lowest BCUT2D eigenvalue weighted by atomic mass is 9.97. The number of nitrogens with two attached hydrogens (primary N) is 1. The zero-order valence-electron chi connectivity index (χ0n) is 14.0. The molecular formula is C19H25ClN2OS. The van der Waals surface area contributed by atoms with Crippen molar-refractivity contribution in [2.45, 2.75) is 43.2 Å². The lowest BCUT2D eigenvalue weighted by Gasteiger charge is -2.38. The van der Waals surface area contributed by atoms with Gasteiger partial charge in [-0.05, 0) is 49.1 Å². The molecule has 2 unspecified atom stereocenters. The molecule has 1 aliphatic heterocycles. The fourth-order valence-corrected chi connectivity index (χ4v) is 4.13. The van der Waals surface area contributed by atoms with Crippen molar-refractivity contribution in [1.29, 1.82) is 0 Å². The summed E-state index contributed by atoms with van der Waals surface area (Å²) in [6.07, 6.45) is 3.30. The quantitative estimate of drug-likeness (QED) is 0.831. The predicted octanol–water partition coefficient (Wildman–Crippen LogP) is 4.08. The number of hydrogen-bond acceptors (Lipinski definition) is 3. The van der Waals surface area contributed by atoms with Gasteiger partial charge in [-0.2, -0.15) is 0 Å². The first-order chi connectivity index (χ1) is 11.1. The number of rotatable bonds is 4. The van der Waals surface area contributed by atoms with Gasteiger partial charge in [0.25, 0.3) is 0 Å². The Morgan fingerprint density at radius 1 is 1.25 bits per heavy atom. The van der Waals surface area contributed by atoms with Gasteiger partial charge in [0.2, 0.25) is 5.91 Å². The van der Waals surface area contributed by atoms with Crippen LogP contribution in [0.2, 0.25) is 0 Å². The van der Waals surface area contributed by atoms with Crippen molar-refractivity contribution in [3.8, 4) is 0 Å². The molecule has 0 aliphatic carbocycles. The van der Waals surface area contributed by atoms with Crippen molar-refractivity contribution < 1.29 is 4.79 Å². The average molecular weight is 365 g/mol. The Labute approximate surface area is 154 Å². The first kappa shape index (κ1) is 19.1. The van der Waals surface area contributed by atoms with Crippen molar-refractivity contribution in [3.05, 3.63) is 42.5 Å². The van der Waals surface area contributed by atoms with Crippen LogP contribution in [0.5, 0.6) is 0 Å². The third-order valence-electron chi connectivity index (χ3n) is 4.56. The molecule has 0 radical (unpaired) electrons. The molecule has 0 bridgehead atoms. The standard InChI is InChI=1S/C19H24N2OS.ClH/c1-14(20)18-8-4-5-11-21(18)19(22)13-23-17-10-9-15-6-2-3-7-16(15)12-17;/h2-3,6-7,9-10,12,14,18H,4-5,8,11,13,20H2,1H3;1H. The van der Waals surface area contributed by atoms with E-state index in [1.165, 1.54) is 17.2 Å². The van der Waals surface area contributed by atoms with E-state index in [4.69, 9.17) is 5.73 Å². The van der Waals surface area contributed by atoms with Crippen LogP contribution in [0.4, 0.5) is 0 Å². The number of nitrogens with zero attached hydrogens (tertiary/aromatic N) is 1. The highest BCUT2D eigenvalue weighted by Gasteiger charge is 2.28. The van der Waals surface area contributed by atoms with Crippen LogP contribution in [0.25, 0.3) is 10.8 Å². The minimum atomic E-state index is 0. The molecular weight excluding hydrogens is 340 g/mol. The molecule has 2 N–H and O–H groups in total. The lowest BCUT2D eigenvalue weighted by molar-refractivity contribution is -0.132. The summed E-state index contributed by atoms with van der Waals surface area (Å²) in [6.45, 7) is 2.86. The van der Waals surface area contributed by atoms with Crippen LogP contribution in [0.15, 0.2) is 47.4 Å². The van der Waals surface area contributed by atoms with E-state index >= 15 is 0 Å². The summed E-state index contributed by atoms with van der Waals surface area (Å²) in [5, 5.41) is 2.45. The zero-order valence-corrected chi connectivity index (χ0v) is 15.6. The molecule has 2 atom stereocenters. The van der Waals surface area contributed by atoms with Crippen LogP contribution >= 0.6 is 24.2 Å². The van der Waals surface area contributed by atoms with Crippen LogP contribution in [0.1, 0.15) is 26.2 Å². The summed E-state index contributed by atoms with van der Waals surface area (Å²) in [4.78, 5) is 15.7. The number of halogens is 1. The van der Waals surface area contributed by atoms with Gasteiger partial charge in [-0.25, -0.2) is 0 Å². The largest absolute Gasteiger partial charge is 0.337 e. The number of amides is 1. The normalized spacial score (nSPS) is 18.9. The van der Waals surface area contributed by atoms with Crippen molar-refractivity contribution in [2.24, 2.45) is 5.73 Å². The van der Waals surface area contributed by atoms with Gasteiger partial charge in [0.1, 0.15) is 0 Å². The van der Waals surface area contributed by atoms with E-state index in [-0.39, 0.29) is 30.4 Å². The highest BCUT2D eigenvalue weighted by Crippen LogP contribution is 2.25. The Hall–Kier alpha value is -1.23. The number of carbonyl (C=O) groups is 1. The third kappa shape index (κ3) is 4.44. The number of fused-ring (bicyclic) bond motifs is 1. The molecule has 1 amide bonds. The van der Waals surface area contributed by atoms with E-state index < -0.39 is 0 Å². The first-order valence-electron chi connectivity index (χ1n) is 8.32. The van der Waals surface area contributed by atoms with Gasteiger partial charge in [-0.1, -0.05) is 30.3 Å². The second-order valence-electron chi connectivity index (χ2n) is 6.31. The molecule has 0 aromatic heterocycles. The molecule has 130 valence electrons. The van der Waals surface area contributed by atoms with E-state index in [1.54, 1.807) is 11.8 Å². The van der Waals surface area contributed by atoms with Crippen LogP contribution in [-0.4, -0.2) is 35.2 Å². The van der Waals surface area contributed by atoms with Gasteiger partial charge < -0.3 is 10.6 Å². The Balaban J connectivity index is 0.00000208. The minimum absolute atomic E-state index is 0. The summed E-state index contributed by atoms with van der Waals surface area (Å²) in [5.41, 5.74) is 6.06. The van der Waals surface area contributed by atoms with Gasteiger partial charge in [0.15, 0.2) is 0 Å². The van der Waals surface area contributed by atoms with Crippen molar-refractivity contribution in [2.75, 3.05) is 12.3 Å². The van der Waals surface area contributed by atoms with Gasteiger partial charge in [-0.3, -0.25) is 4.79 Å². The third-order valence-corrected chi connectivity index (χ3v) is 5.54. The SMILES string of the molecule is CC(N)C1CCCCN1C(=O)CSc1ccc2ccccc2c1.Cl. The van der Waals surface area contributed by atoms with E-state index in [2.05, 4.69) is 30.3 Å². The smallest absolute Gasteiger partial charge is 0.233 e. The monoisotopic (exact) mass is 364 g/mol. The number of thioether (sulfide) groups is 1. The Morgan fingerprint density at radius 2 is 2.00 bits per heavy atom. The van der Waals surface area contributed by atoms with Crippen LogP contribution in [0, 0.1) is 0 Å². The van der Waals surface area contributed by atoms with Crippen molar-refractivity contribution in [3.63, 3.8) is 0 Å². The maximum atomic E-state index is 12.6. The number of likely N-dealkylation sites (tertiary alicyclic amines) is 1. The molecule has 3 nitrogen and oxygen atoms in total. The summed E-state index contributed by atoms with van der Waals surface area (Å²) >= 11 is 1.62. The van der Waals surface area contributed by atoms with Gasteiger partial charge >= 0.3 is 0 Å². The molecule has 24 heavy (non-hydrogen) atoms. The van der Waals surface area contributed by atoms with Crippen molar-refractivity contribution >= 4 is 40.8 Å². The van der Waals surface area contributed by atoms with E-state index in [9.17, 15) is 4.79 Å². The lowest BCUT2D eigenvalue weighted by Crippen LogP contribution is -2.52. The zero-order chi connectivity index (χ0) is 16.2. The molecule has 3 rings (SSSR count). The summed E-state index contributed by atoms with van der Waals surface area (Å²) in [5.74, 6) is 0.701. The molecule has 2 aromatic rings. The Bertz CT molecular complexity index is 692. The molecule has 1 heterocycles. The van der Waals surface area contributed by atoms with E-state index in [0.29, 0.717) is 5.75 Å². The fourth-order valence-electron chi connectivity index (χ4n) is 3.30. The van der Waals surface area contributed by atoms with Gasteiger partial charge in [-0.15, -0.1) is 24.2 Å². The number of benzene rings is 2. The first-order valence-corrected chi connectivity index (χ1v) is 9.30. The number of carbonyl (C=O) groups excluding carboxylic acids is 1. The summed E-state index contributed by atoms with van der Waals surface area (Å²) in [6, 6.07) is 14.9. The molecule has 1 aliphatic rings. The summed E-state index contributed by atoms with van der Waals surface area (Å²) in [7, 11) is 0. The van der Waals surface area contributed by atoms with Crippen LogP contribution in [-0.2, 0) is 4.79 Å². The number of hydrogen-bond donors (Lipinski definition) is 1. The highest BCUT2D eigenvalue weighted by atomic mass is 35.5. The second kappa shape index (κ2) is 8.75. The molecule has 1 saturated heterocycles. The maximum absolute atomic E-state index is 12.6. The molecule has 5 heteroatoms. The Kier molecular flexibility index (Phi) is 6.96. The molecule has 1 fully saturated rings. The van der Waals surface area contributed by atoms with Gasteiger partial charge in [0, 0.05) is 23.5 Å². The molecule has 0 saturated carbocycles. The average Bonchev–Trinajstić information content (AvgIpc) is 2.59. The molecule has 2 aromatic carbocycles. The highest BCUT2D eigenvalue weighted by molar-refractivity contribution is 8.00. The molecule has 0 spiro atoms. The topological polar surface area (TPSA) is 46.3 Å². The minimum Gasteiger partial charge on any atom is -0.337 e. The second-order valence-corrected chi connectivity index (χ2v) is 7.36. The van der Waals surface area contributed by atoms with Crippen molar-refractivity contribution in [1.82, 2.24) is 4.90 Å². The van der Waals surface area contributed by atoms with Crippen LogP contribution < -0.4 is 5.73 Å². The summed E-state index contributed by atoms with van der Waals surface area (Å²) < 4.78 is 0. The van der Waals surface area contributed by atoms with Crippen LogP contribution in [0.3, 0.4) is 0 Å². The van der Waals surface area contributed by atoms with Gasteiger partial charge in [0.05, 0.1) is 5.75 Å². The van der Waals surface area contributed by atoms with E-state index in [0.717, 1.165) is 24.3 Å².